The van der Waals surface area contributed by atoms with Crippen LogP contribution in [0.5, 0.6) is 5.75 Å². The lowest BCUT2D eigenvalue weighted by Crippen LogP contribution is -2.43. The van der Waals surface area contributed by atoms with Gasteiger partial charge in [-0.3, -0.25) is 0 Å². The third-order valence-corrected chi connectivity index (χ3v) is 4.58. The van der Waals surface area contributed by atoms with Crippen molar-refractivity contribution in [1.82, 2.24) is 5.32 Å². The van der Waals surface area contributed by atoms with Crippen molar-refractivity contribution in [2.75, 3.05) is 13.7 Å². The molecule has 1 saturated carbocycles. The Morgan fingerprint density at radius 3 is 2.65 bits per heavy atom. The van der Waals surface area contributed by atoms with E-state index in [0.717, 1.165) is 49.5 Å². The fraction of sp³-hybridized carbons (Fsp3) is 0.647. The average molecular weight is 277 g/mol. The molecule has 0 bridgehead atoms. The van der Waals surface area contributed by atoms with Gasteiger partial charge in [-0.1, -0.05) is 31.5 Å². The molecule has 112 valence electrons. The van der Waals surface area contributed by atoms with Crippen LogP contribution in [0.2, 0.25) is 0 Å². The first-order valence-corrected chi connectivity index (χ1v) is 7.72. The molecule has 1 aliphatic rings. The van der Waals surface area contributed by atoms with Crippen LogP contribution in [0.4, 0.5) is 0 Å². The summed E-state index contributed by atoms with van der Waals surface area (Å²) in [5.74, 6) is 1.71. The molecule has 1 aromatic rings. The molecule has 0 aliphatic heterocycles. The first kappa shape index (κ1) is 15.3. The Morgan fingerprint density at radius 2 is 2.00 bits per heavy atom. The van der Waals surface area contributed by atoms with E-state index in [1.807, 2.05) is 18.2 Å². The van der Waals surface area contributed by atoms with Crippen molar-refractivity contribution in [3.63, 3.8) is 0 Å². The van der Waals surface area contributed by atoms with Crippen LogP contribution < -0.4 is 10.1 Å². The number of nitrogens with one attached hydrogen (secondary N) is 1. The molecule has 0 radical (unpaired) electrons. The van der Waals surface area contributed by atoms with Crippen LogP contribution in [0.1, 0.15) is 44.6 Å². The van der Waals surface area contributed by atoms with Crippen LogP contribution in [0.25, 0.3) is 0 Å². The summed E-state index contributed by atoms with van der Waals surface area (Å²) in [5, 5.41) is 14.0. The van der Waals surface area contributed by atoms with Crippen LogP contribution in [0.15, 0.2) is 24.3 Å². The van der Waals surface area contributed by atoms with Gasteiger partial charge in [0.25, 0.3) is 0 Å². The number of hydrogen-bond acceptors (Lipinski definition) is 3. The molecular weight excluding hydrogens is 250 g/mol. The molecule has 2 rings (SSSR count). The Bertz CT molecular complexity index is 411. The van der Waals surface area contributed by atoms with E-state index in [9.17, 15) is 5.11 Å². The molecule has 1 aromatic carbocycles. The lowest BCUT2D eigenvalue weighted by atomic mass is 9.78. The minimum Gasteiger partial charge on any atom is -0.496 e. The molecule has 3 heteroatoms. The van der Waals surface area contributed by atoms with Crippen LogP contribution in [-0.2, 0) is 6.54 Å². The number of para-hydroxylation sites is 1. The minimum absolute atomic E-state index is 0.520. The van der Waals surface area contributed by atoms with Gasteiger partial charge in [-0.2, -0.15) is 0 Å². The van der Waals surface area contributed by atoms with Crippen LogP contribution in [0, 0.1) is 5.92 Å². The summed E-state index contributed by atoms with van der Waals surface area (Å²) in [6, 6.07) is 8.02. The first-order valence-electron chi connectivity index (χ1n) is 7.72. The maximum atomic E-state index is 10.6. The molecule has 0 amide bonds. The van der Waals surface area contributed by atoms with Crippen molar-refractivity contribution in [2.45, 2.75) is 51.2 Å². The normalized spacial score (nSPS) is 26.4. The maximum Gasteiger partial charge on any atom is 0.123 e. The lowest BCUT2D eigenvalue weighted by Gasteiger charge is -2.36. The van der Waals surface area contributed by atoms with E-state index in [0.29, 0.717) is 6.54 Å². The minimum atomic E-state index is -0.520. The monoisotopic (exact) mass is 277 g/mol. The molecule has 1 aliphatic carbocycles. The Balaban J connectivity index is 1.81. The number of rotatable bonds is 6. The molecule has 0 aromatic heterocycles. The largest absolute Gasteiger partial charge is 0.496 e. The predicted molar refractivity (Wildman–Crippen MR) is 81.9 cm³/mol. The maximum absolute atomic E-state index is 10.6. The Hall–Kier alpha value is -1.06. The highest BCUT2D eigenvalue weighted by Gasteiger charge is 2.32. The van der Waals surface area contributed by atoms with E-state index in [1.54, 1.807) is 7.11 Å². The molecule has 0 spiro atoms. The zero-order chi connectivity index (χ0) is 14.4. The second-order valence-corrected chi connectivity index (χ2v) is 5.99. The van der Waals surface area contributed by atoms with Gasteiger partial charge < -0.3 is 15.2 Å². The summed E-state index contributed by atoms with van der Waals surface area (Å²) in [6.45, 7) is 3.65. The Kier molecular flexibility index (Phi) is 5.44. The second kappa shape index (κ2) is 7.09. The van der Waals surface area contributed by atoms with Crippen LogP contribution >= 0.6 is 0 Å². The lowest BCUT2D eigenvalue weighted by molar-refractivity contribution is -0.00884. The van der Waals surface area contributed by atoms with Crippen molar-refractivity contribution < 1.29 is 9.84 Å². The topological polar surface area (TPSA) is 41.5 Å². The van der Waals surface area contributed by atoms with Gasteiger partial charge >= 0.3 is 0 Å². The molecule has 2 N–H and O–H groups in total. The smallest absolute Gasteiger partial charge is 0.123 e. The number of benzene rings is 1. The van der Waals surface area contributed by atoms with E-state index in [2.05, 4.69) is 18.3 Å². The zero-order valence-corrected chi connectivity index (χ0v) is 12.7. The van der Waals surface area contributed by atoms with E-state index in [-0.39, 0.29) is 0 Å². The first-order chi connectivity index (χ1) is 9.67. The standard InChI is InChI=1S/C17H27NO2/c1-3-14-8-10-17(19,11-9-14)13-18-12-15-6-4-5-7-16(15)20-2/h4-7,14,18-19H,3,8-13H2,1-2H3. The third kappa shape index (κ3) is 3.97. The summed E-state index contributed by atoms with van der Waals surface area (Å²) >= 11 is 0. The molecule has 0 saturated heterocycles. The van der Waals surface area contributed by atoms with E-state index in [1.165, 1.54) is 6.42 Å². The molecule has 0 heterocycles. The fourth-order valence-corrected chi connectivity index (χ4v) is 3.08. The summed E-state index contributed by atoms with van der Waals surface area (Å²) in [4.78, 5) is 0. The van der Waals surface area contributed by atoms with Gasteiger partial charge in [0, 0.05) is 18.7 Å². The van der Waals surface area contributed by atoms with Gasteiger partial charge in [-0.15, -0.1) is 0 Å². The Morgan fingerprint density at radius 1 is 1.30 bits per heavy atom. The number of methoxy groups -OCH3 is 1. The second-order valence-electron chi connectivity index (χ2n) is 5.99. The van der Waals surface area contributed by atoms with E-state index >= 15 is 0 Å². The number of aliphatic hydroxyl groups is 1. The predicted octanol–water partition coefficient (Wildman–Crippen LogP) is 3.12. The molecule has 1 fully saturated rings. The van der Waals surface area contributed by atoms with Gasteiger partial charge in [0.05, 0.1) is 12.7 Å². The molecule has 3 nitrogen and oxygen atoms in total. The summed E-state index contributed by atoms with van der Waals surface area (Å²) in [6.07, 6.45) is 5.40. The van der Waals surface area contributed by atoms with Gasteiger partial charge in [0.1, 0.15) is 5.75 Å². The van der Waals surface area contributed by atoms with Crippen molar-refractivity contribution in [1.29, 1.82) is 0 Å². The zero-order valence-electron chi connectivity index (χ0n) is 12.7. The fourth-order valence-electron chi connectivity index (χ4n) is 3.08. The van der Waals surface area contributed by atoms with Crippen LogP contribution in [-0.4, -0.2) is 24.4 Å². The Labute approximate surface area is 122 Å². The van der Waals surface area contributed by atoms with Gasteiger partial charge in [0.2, 0.25) is 0 Å². The molecule has 0 unspecified atom stereocenters. The SMILES string of the molecule is CCC1CCC(O)(CNCc2ccccc2OC)CC1. The average Bonchev–Trinajstić information content (AvgIpc) is 2.48. The van der Waals surface area contributed by atoms with E-state index in [4.69, 9.17) is 4.74 Å². The molecule has 20 heavy (non-hydrogen) atoms. The van der Waals surface area contributed by atoms with Gasteiger partial charge in [-0.05, 0) is 37.7 Å². The van der Waals surface area contributed by atoms with Gasteiger partial charge in [-0.25, -0.2) is 0 Å². The van der Waals surface area contributed by atoms with Gasteiger partial charge in [0.15, 0.2) is 0 Å². The van der Waals surface area contributed by atoms with Crippen molar-refractivity contribution in [2.24, 2.45) is 5.92 Å². The number of hydrogen-bond donors (Lipinski definition) is 2. The highest BCUT2D eigenvalue weighted by molar-refractivity contribution is 5.32. The van der Waals surface area contributed by atoms with Crippen molar-refractivity contribution >= 4 is 0 Å². The molecular formula is C17H27NO2. The summed E-state index contributed by atoms with van der Waals surface area (Å²) in [5.41, 5.74) is 0.620. The van der Waals surface area contributed by atoms with Crippen molar-refractivity contribution in [3.8, 4) is 5.75 Å². The van der Waals surface area contributed by atoms with Crippen LogP contribution in [0.3, 0.4) is 0 Å². The summed E-state index contributed by atoms with van der Waals surface area (Å²) < 4.78 is 5.34. The highest BCUT2D eigenvalue weighted by atomic mass is 16.5. The summed E-state index contributed by atoms with van der Waals surface area (Å²) in [7, 11) is 1.69. The highest BCUT2D eigenvalue weighted by Crippen LogP contribution is 2.33. The quantitative estimate of drug-likeness (QED) is 0.839. The number of ether oxygens (including phenoxy) is 1. The van der Waals surface area contributed by atoms with Crippen molar-refractivity contribution in [3.05, 3.63) is 29.8 Å². The molecule has 0 atom stereocenters. The van der Waals surface area contributed by atoms with E-state index < -0.39 is 5.60 Å². The third-order valence-electron chi connectivity index (χ3n) is 4.58.